The molecule has 1 aromatic rings. The van der Waals surface area contributed by atoms with Crippen LogP contribution >= 0.6 is 11.6 Å². The molecule has 0 spiro atoms. The fourth-order valence-corrected chi connectivity index (χ4v) is 2.79. The molecule has 2 nitrogen and oxygen atoms in total. The summed E-state index contributed by atoms with van der Waals surface area (Å²) in [6.45, 7) is 2.60. The van der Waals surface area contributed by atoms with Crippen molar-refractivity contribution in [3.05, 3.63) is 34.9 Å². The molecule has 1 fully saturated rings. The second-order valence-corrected chi connectivity index (χ2v) is 5.80. The molecular weight excluding hydrogens is 246 g/mol. The lowest BCUT2D eigenvalue weighted by Gasteiger charge is -2.32. The Kier molecular flexibility index (Phi) is 4.28. The zero-order chi connectivity index (χ0) is 13.0. The summed E-state index contributed by atoms with van der Waals surface area (Å²) < 4.78 is 0. The highest BCUT2D eigenvalue weighted by Crippen LogP contribution is 2.35. The van der Waals surface area contributed by atoms with Crippen molar-refractivity contribution in [3.8, 4) is 0 Å². The largest absolute Gasteiger partial charge is 0.351 e. The molecule has 1 aromatic carbocycles. The van der Waals surface area contributed by atoms with Crippen LogP contribution in [0.15, 0.2) is 24.3 Å². The number of amides is 1. The molecule has 0 aliphatic heterocycles. The van der Waals surface area contributed by atoms with Crippen molar-refractivity contribution >= 4 is 17.5 Å². The summed E-state index contributed by atoms with van der Waals surface area (Å²) in [5.41, 5.74) is 0.798. The zero-order valence-electron chi connectivity index (χ0n) is 10.8. The summed E-state index contributed by atoms with van der Waals surface area (Å²) >= 11 is 6.08. The van der Waals surface area contributed by atoms with Crippen molar-refractivity contribution in [1.82, 2.24) is 5.32 Å². The van der Waals surface area contributed by atoms with Gasteiger partial charge in [0, 0.05) is 17.0 Å². The van der Waals surface area contributed by atoms with Gasteiger partial charge >= 0.3 is 0 Å². The number of hydrogen-bond acceptors (Lipinski definition) is 1. The Balaban J connectivity index is 1.94. The molecule has 0 bridgehead atoms. The summed E-state index contributed by atoms with van der Waals surface area (Å²) in [6, 6.07) is 7.64. The summed E-state index contributed by atoms with van der Waals surface area (Å²) in [7, 11) is 0. The van der Waals surface area contributed by atoms with Gasteiger partial charge in [-0.2, -0.15) is 0 Å². The molecule has 0 unspecified atom stereocenters. The maximum absolute atomic E-state index is 12.3. The lowest BCUT2D eigenvalue weighted by Crippen LogP contribution is -2.39. The number of halogens is 1. The van der Waals surface area contributed by atoms with E-state index in [4.69, 9.17) is 11.6 Å². The smallest absolute Gasteiger partial charge is 0.226 e. The van der Waals surface area contributed by atoms with Crippen molar-refractivity contribution in [2.75, 3.05) is 0 Å². The minimum Gasteiger partial charge on any atom is -0.351 e. The van der Waals surface area contributed by atoms with E-state index in [9.17, 15) is 4.79 Å². The first kappa shape index (κ1) is 13.4. The molecule has 1 amide bonds. The minimum absolute atomic E-state index is 0.169. The van der Waals surface area contributed by atoms with Crippen molar-refractivity contribution in [1.29, 1.82) is 0 Å². The molecule has 2 rings (SSSR count). The van der Waals surface area contributed by atoms with E-state index in [0.717, 1.165) is 31.2 Å². The molecule has 0 atom stereocenters. The summed E-state index contributed by atoms with van der Waals surface area (Å²) in [4.78, 5) is 12.3. The van der Waals surface area contributed by atoms with Crippen molar-refractivity contribution < 1.29 is 4.79 Å². The highest BCUT2D eigenvalue weighted by atomic mass is 35.5. The Morgan fingerprint density at radius 3 is 2.61 bits per heavy atom. The van der Waals surface area contributed by atoms with Crippen LogP contribution in [-0.4, -0.2) is 5.91 Å². The molecule has 3 heteroatoms. The number of carbonyl (C=O) groups excluding carboxylic acids is 1. The van der Waals surface area contributed by atoms with Gasteiger partial charge in [0.05, 0.1) is 0 Å². The average Bonchev–Trinajstić information content (AvgIpc) is 2.38. The SMILES string of the molecule is CC1(C(=O)NCc2ccccc2Cl)CCCCC1. The van der Waals surface area contributed by atoms with Gasteiger partial charge in [-0.25, -0.2) is 0 Å². The van der Waals surface area contributed by atoms with Crippen LogP contribution in [0, 0.1) is 5.41 Å². The quantitative estimate of drug-likeness (QED) is 0.882. The molecule has 1 aliphatic rings. The van der Waals surface area contributed by atoms with E-state index in [-0.39, 0.29) is 11.3 Å². The van der Waals surface area contributed by atoms with Gasteiger partial charge in [-0.3, -0.25) is 4.79 Å². The van der Waals surface area contributed by atoms with Crippen LogP contribution in [0.4, 0.5) is 0 Å². The average molecular weight is 266 g/mol. The first-order chi connectivity index (χ1) is 8.62. The maximum Gasteiger partial charge on any atom is 0.226 e. The van der Waals surface area contributed by atoms with Gasteiger partial charge in [0.1, 0.15) is 0 Å². The van der Waals surface area contributed by atoms with Crippen LogP contribution in [0.25, 0.3) is 0 Å². The van der Waals surface area contributed by atoms with Gasteiger partial charge in [0.25, 0.3) is 0 Å². The van der Waals surface area contributed by atoms with Crippen molar-refractivity contribution in [2.45, 2.75) is 45.6 Å². The molecule has 0 aromatic heterocycles. The zero-order valence-corrected chi connectivity index (χ0v) is 11.6. The van der Waals surface area contributed by atoms with Gasteiger partial charge in [0.2, 0.25) is 5.91 Å². The Bertz CT molecular complexity index is 424. The summed E-state index contributed by atoms with van der Waals surface area (Å²) in [5, 5.41) is 3.74. The molecule has 1 saturated carbocycles. The summed E-state index contributed by atoms with van der Waals surface area (Å²) in [6.07, 6.45) is 5.59. The molecule has 98 valence electrons. The second-order valence-electron chi connectivity index (χ2n) is 5.40. The van der Waals surface area contributed by atoms with Crippen molar-refractivity contribution in [3.63, 3.8) is 0 Å². The second kappa shape index (κ2) is 5.75. The van der Waals surface area contributed by atoms with Crippen LogP contribution in [0.1, 0.15) is 44.6 Å². The molecule has 1 N–H and O–H groups in total. The van der Waals surface area contributed by atoms with Gasteiger partial charge < -0.3 is 5.32 Å². The number of rotatable bonds is 3. The predicted octanol–water partition coefficient (Wildman–Crippen LogP) is 3.93. The molecule has 1 aliphatic carbocycles. The van der Waals surface area contributed by atoms with Gasteiger partial charge in [-0.15, -0.1) is 0 Å². The Morgan fingerprint density at radius 2 is 1.94 bits per heavy atom. The highest BCUT2D eigenvalue weighted by Gasteiger charge is 2.34. The first-order valence-corrected chi connectivity index (χ1v) is 7.01. The number of benzene rings is 1. The van der Waals surface area contributed by atoms with Gasteiger partial charge in [0.15, 0.2) is 0 Å². The third kappa shape index (κ3) is 3.05. The monoisotopic (exact) mass is 265 g/mol. The van der Waals surface area contributed by atoms with E-state index in [2.05, 4.69) is 12.2 Å². The van der Waals surface area contributed by atoms with Crippen LogP contribution in [0.5, 0.6) is 0 Å². The van der Waals surface area contributed by atoms with E-state index >= 15 is 0 Å². The topological polar surface area (TPSA) is 29.1 Å². The summed E-state index contributed by atoms with van der Waals surface area (Å²) in [5.74, 6) is 0.169. The number of carbonyl (C=O) groups is 1. The third-order valence-corrected chi connectivity index (χ3v) is 4.27. The van der Waals surface area contributed by atoms with E-state index in [1.165, 1.54) is 6.42 Å². The molecule has 18 heavy (non-hydrogen) atoms. The molecule has 0 radical (unpaired) electrons. The van der Waals surface area contributed by atoms with Crippen LogP contribution in [0.3, 0.4) is 0 Å². The minimum atomic E-state index is -0.181. The lowest BCUT2D eigenvalue weighted by atomic mass is 9.75. The van der Waals surface area contributed by atoms with E-state index < -0.39 is 0 Å². The van der Waals surface area contributed by atoms with E-state index in [0.29, 0.717) is 11.6 Å². The number of hydrogen-bond donors (Lipinski definition) is 1. The molecule has 0 saturated heterocycles. The highest BCUT2D eigenvalue weighted by molar-refractivity contribution is 6.31. The first-order valence-electron chi connectivity index (χ1n) is 6.63. The fraction of sp³-hybridized carbons (Fsp3) is 0.533. The Morgan fingerprint density at radius 1 is 1.28 bits per heavy atom. The van der Waals surface area contributed by atoms with Gasteiger partial charge in [-0.05, 0) is 24.5 Å². The van der Waals surface area contributed by atoms with Gasteiger partial charge in [-0.1, -0.05) is 56.0 Å². The van der Waals surface area contributed by atoms with E-state index in [1.807, 2.05) is 24.3 Å². The van der Waals surface area contributed by atoms with Crippen LogP contribution < -0.4 is 5.32 Å². The third-order valence-electron chi connectivity index (χ3n) is 3.90. The van der Waals surface area contributed by atoms with E-state index in [1.54, 1.807) is 0 Å². The Hall–Kier alpha value is -1.02. The van der Waals surface area contributed by atoms with Crippen LogP contribution in [-0.2, 0) is 11.3 Å². The fourth-order valence-electron chi connectivity index (χ4n) is 2.59. The maximum atomic E-state index is 12.3. The number of nitrogens with one attached hydrogen (secondary N) is 1. The van der Waals surface area contributed by atoms with Crippen LogP contribution in [0.2, 0.25) is 5.02 Å². The van der Waals surface area contributed by atoms with Crippen molar-refractivity contribution in [2.24, 2.45) is 5.41 Å². The normalized spacial score (nSPS) is 18.3. The molecule has 0 heterocycles. The predicted molar refractivity (Wildman–Crippen MR) is 74.5 cm³/mol. The Labute approximate surface area is 114 Å². The molecular formula is C15H20ClNO. The lowest BCUT2D eigenvalue weighted by molar-refractivity contribution is -0.132. The standard InChI is InChI=1S/C15H20ClNO/c1-15(9-5-2-6-10-15)14(18)17-11-12-7-3-4-8-13(12)16/h3-4,7-8H,2,5-6,9-11H2,1H3,(H,17,18).